The summed E-state index contributed by atoms with van der Waals surface area (Å²) in [5.41, 5.74) is 5.70. The minimum atomic E-state index is -2.57. The molecule has 0 aromatic heterocycles. The first-order chi connectivity index (χ1) is 9.06. The average Bonchev–Trinajstić information content (AvgIpc) is 2.86. The minimum Gasteiger partial charge on any atom is -0.399 e. The van der Waals surface area contributed by atoms with Crippen LogP contribution in [0, 0.1) is 0 Å². The lowest BCUT2D eigenvalue weighted by molar-refractivity contribution is -0.00625. The van der Waals surface area contributed by atoms with Crippen LogP contribution < -0.4 is 11.1 Å². The molecule has 0 saturated carbocycles. The molecule has 1 unspecified atom stereocenters. The Morgan fingerprint density at radius 1 is 1.53 bits per heavy atom. The van der Waals surface area contributed by atoms with Crippen LogP contribution in [0.5, 0.6) is 0 Å². The highest BCUT2D eigenvalue weighted by Crippen LogP contribution is 2.30. The van der Waals surface area contributed by atoms with Gasteiger partial charge in [-0.1, -0.05) is 0 Å². The van der Waals surface area contributed by atoms with E-state index in [4.69, 9.17) is 15.2 Å². The average molecular weight is 272 g/mol. The van der Waals surface area contributed by atoms with Gasteiger partial charge in [0, 0.05) is 43.6 Å². The molecule has 1 aliphatic heterocycles. The number of nitrogen functional groups attached to an aromatic ring is 1. The maximum Gasteiger partial charge on any atom is 0.265 e. The Labute approximate surface area is 110 Å². The summed E-state index contributed by atoms with van der Waals surface area (Å²) in [5, 5.41) is 3.01. The second-order valence-electron chi connectivity index (χ2n) is 4.69. The zero-order valence-electron chi connectivity index (χ0n) is 10.8. The molecule has 0 spiro atoms. The van der Waals surface area contributed by atoms with Gasteiger partial charge in [0.25, 0.3) is 6.43 Å². The first-order valence-electron chi connectivity index (χ1n) is 6.11. The summed E-state index contributed by atoms with van der Waals surface area (Å²) < 4.78 is 36.6. The standard InChI is InChI=1S/C13H18F2N2O2/c1-18-13(4-5-19-8-13)7-17-11-3-2-9(16)6-10(11)12(14)15/h2-3,6,12,17H,4-5,7-8,16H2,1H3. The van der Waals surface area contributed by atoms with E-state index in [0.29, 0.717) is 31.1 Å². The van der Waals surface area contributed by atoms with Gasteiger partial charge in [-0.15, -0.1) is 0 Å². The van der Waals surface area contributed by atoms with E-state index in [1.165, 1.54) is 6.07 Å². The van der Waals surface area contributed by atoms with Crippen LogP contribution in [0.4, 0.5) is 20.2 Å². The quantitative estimate of drug-likeness (QED) is 0.808. The number of benzene rings is 1. The van der Waals surface area contributed by atoms with Crippen LogP contribution in [0.15, 0.2) is 18.2 Å². The van der Waals surface area contributed by atoms with Crippen molar-refractivity contribution in [1.29, 1.82) is 0 Å². The Hall–Kier alpha value is -1.40. The fourth-order valence-corrected chi connectivity index (χ4v) is 2.14. The van der Waals surface area contributed by atoms with Gasteiger partial charge in [0.15, 0.2) is 0 Å². The van der Waals surface area contributed by atoms with Crippen molar-refractivity contribution >= 4 is 11.4 Å². The van der Waals surface area contributed by atoms with Crippen LogP contribution in [-0.4, -0.2) is 32.5 Å². The van der Waals surface area contributed by atoms with Gasteiger partial charge in [0.2, 0.25) is 0 Å². The normalized spacial score (nSPS) is 22.9. The lowest BCUT2D eigenvalue weighted by atomic mass is 10.0. The topological polar surface area (TPSA) is 56.5 Å². The summed E-state index contributed by atoms with van der Waals surface area (Å²) in [6.45, 7) is 1.52. The van der Waals surface area contributed by atoms with Gasteiger partial charge in [-0.05, 0) is 18.2 Å². The second kappa shape index (κ2) is 5.71. The molecule has 1 saturated heterocycles. The molecule has 6 heteroatoms. The molecule has 1 fully saturated rings. The van der Waals surface area contributed by atoms with Gasteiger partial charge < -0.3 is 20.5 Å². The Morgan fingerprint density at radius 2 is 2.32 bits per heavy atom. The molecule has 0 bridgehead atoms. The molecule has 1 aromatic rings. The lowest BCUT2D eigenvalue weighted by Crippen LogP contribution is -2.39. The Bertz CT molecular complexity index is 435. The summed E-state index contributed by atoms with van der Waals surface area (Å²) in [6, 6.07) is 4.45. The van der Waals surface area contributed by atoms with E-state index in [1.54, 1.807) is 19.2 Å². The number of anilines is 2. The molecule has 1 heterocycles. The fraction of sp³-hybridized carbons (Fsp3) is 0.538. The highest BCUT2D eigenvalue weighted by atomic mass is 19.3. The first-order valence-corrected chi connectivity index (χ1v) is 6.11. The monoisotopic (exact) mass is 272 g/mol. The van der Waals surface area contributed by atoms with E-state index >= 15 is 0 Å². The van der Waals surface area contributed by atoms with Crippen molar-refractivity contribution in [3.8, 4) is 0 Å². The molecule has 3 N–H and O–H groups in total. The van der Waals surface area contributed by atoms with E-state index < -0.39 is 12.0 Å². The molecular weight excluding hydrogens is 254 g/mol. The van der Waals surface area contributed by atoms with Crippen LogP contribution in [0.1, 0.15) is 18.4 Å². The molecular formula is C13H18F2N2O2. The number of ether oxygens (including phenoxy) is 2. The molecule has 0 radical (unpaired) electrons. The van der Waals surface area contributed by atoms with E-state index in [-0.39, 0.29) is 5.56 Å². The van der Waals surface area contributed by atoms with Crippen molar-refractivity contribution in [2.24, 2.45) is 0 Å². The van der Waals surface area contributed by atoms with Crippen LogP contribution in [0.3, 0.4) is 0 Å². The van der Waals surface area contributed by atoms with Crippen molar-refractivity contribution < 1.29 is 18.3 Å². The smallest absolute Gasteiger partial charge is 0.265 e. The number of rotatable bonds is 5. The number of alkyl halides is 2. The van der Waals surface area contributed by atoms with Gasteiger partial charge in [0.05, 0.1) is 6.61 Å². The van der Waals surface area contributed by atoms with E-state index in [2.05, 4.69) is 5.32 Å². The summed E-state index contributed by atoms with van der Waals surface area (Å²) >= 11 is 0. The molecule has 1 atom stereocenters. The summed E-state index contributed by atoms with van der Waals surface area (Å²) in [6.07, 6.45) is -1.82. The molecule has 0 amide bonds. The van der Waals surface area contributed by atoms with Crippen LogP contribution in [0.25, 0.3) is 0 Å². The number of nitrogens with two attached hydrogens (primary N) is 1. The predicted molar refractivity (Wildman–Crippen MR) is 69.5 cm³/mol. The van der Waals surface area contributed by atoms with E-state index in [0.717, 1.165) is 6.42 Å². The van der Waals surface area contributed by atoms with Crippen LogP contribution in [0.2, 0.25) is 0 Å². The third-order valence-corrected chi connectivity index (χ3v) is 3.41. The number of nitrogens with one attached hydrogen (secondary N) is 1. The largest absolute Gasteiger partial charge is 0.399 e. The van der Waals surface area contributed by atoms with Gasteiger partial charge in [-0.2, -0.15) is 0 Å². The Morgan fingerprint density at radius 3 is 2.89 bits per heavy atom. The number of methoxy groups -OCH3 is 1. The molecule has 19 heavy (non-hydrogen) atoms. The van der Waals surface area contributed by atoms with Crippen LogP contribution in [-0.2, 0) is 9.47 Å². The van der Waals surface area contributed by atoms with Crippen molar-refractivity contribution in [1.82, 2.24) is 0 Å². The summed E-state index contributed by atoms with van der Waals surface area (Å²) in [4.78, 5) is 0. The summed E-state index contributed by atoms with van der Waals surface area (Å²) in [5.74, 6) is 0. The van der Waals surface area contributed by atoms with E-state index in [1.807, 2.05) is 0 Å². The third-order valence-electron chi connectivity index (χ3n) is 3.41. The Balaban J connectivity index is 2.10. The fourth-order valence-electron chi connectivity index (χ4n) is 2.14. The molecule has 1 aromatic carbocycles. The summed E-state index contributed by atoms with van der Waals surface area (Å²) in [7, 11) is 1.60. The molecule has 4 nitrogen and oxygen atoms in total. The predicted octanol–water partition coefficient (Wildman–Crippen LogP) is 2.42. The van der Waals surface area contributed by atoms with Gasteiger partial charge >= 0.3 is 0 Å². The lowest BCUT2D eigenvalue weighted by Gasteiger charge is -2.27. The maximum atomic E-state index is 12.9. The van der Waals surface area contributed by atoms with Crippen molar-refractivity contribution in [2.75, 3.05) is 37.9 Å². The van der Waals surface area contributed by atoms with Crippen LogP contribution >= 0.6 is 0 Å². The van der Waals surface area contributed by atoms with Crippen molar-refractivity contribution in [2.45, 2.75) is 18.4 Å². The number of hydrogen-bond acceptors (Lipinski definition) is 4. The first kappa shape index (κ1) is 14.0. The van der Waals surface area contributed by atoms with Crippen molar-refractivity contribution in [3.05, 3.63) is 23.8 Å². The van der Waals surface area contributed by atoms with Crippen molar-refractivity contribution in [3.63, 3.8) is 0 Å². The maximum absolute atomic E-state index is 12.9. The molecule has 1 aliphatic rings. The highest BCUT2D eigenvalue weighted by molar-refractivity contribution is 5.58. The number of hydrogen-bond donors (Lipinski definition) is 2. The Kier molecular flexibility index (Phi) is 4.21. The van der Waals surface area contributed by atoms with Gasteiger partial charge in [-0.3, -0.25) is 0 Å². The molecule has 106 valence electrons. The SMILES string of the molecule is COC1(CNc2ccc(N)cc2C(F)F)CCOC1. The molecule has 2 rings (SSSR count). The highest BCUT2D eigenvalue weighted by Gasteiger charge is 2.35. The minimum absolute atomic E-state index is 0.0924. The zero-order chi connectivity index (χ0) is 13.9. The second-order valence-corrected chi connectivity index (χ2v) is 4.69. The number of halogens is 2. The van der Waals surface area contributed by atoms with Gasteiger partial charge in [-0.25, -0.2) is 8.78 Å². The van der Waals surface area contributed by atoms with E-state index in [9.17, 15) is 8.78 Å². The van der Waals surface area contributed by atoms with Gasteiger partial charge in [0.1, 0.15) is 5.60 Å². The molecule has 0 aliphatic carbocycles. The third kappa shape index (κ3) is 3.13. The zero-order valence-corrected chi connectivity index (χ0v) is 10.8.